The van der Waals surface area contributed by atoms with Crippen LogP contribution in [0.15, 0.2) is 42.5 Å². The fourth-order valence-corrected chi connectivity index (χ4v) is 3.44. The molecule has 0 amide bonds. The van der Waals surface area contributed by atoms with Crippen molar-refractivity contribution in [1.29, 1.82) is 0 Å². The maximum absolute atomic E-state index is 11.2. The molecule has 0 bridgehead atoms. The zero-order valence-electron chi connectivity index (χ0n) is 14.3. The summed E-state index contributed by atoms with van der Waals surface area (Å²) in [5.74, 6) is -0.888. The number of rotatable bonds is 4. The van der Waals surface area contributed by atoms with Crippen LogP contribution in [-0.2, 0) is 4.79 Å². The van der Waals surface area contributed by atoms with Crippen LogP contribution < -0.4 is 0 Å². The number of hydrogen-bond acceptors (Lipinski definition) is 3. The van der Waals surface area contributed by atoms with E-state index in [4.69, 9.17) is 4.98 Å². The SMILES string of the molecule is Cc1ccc(C(c2cccc(C)n2)N2CCC(C(=O)O)CC2)cc1. The number of hydrogen-bond donors (Lipinski definition) is 1. The summed E-state index contributed by atoms with van der Waals surface area (Å²) in [4.78, 5) is 18.3. The highest BCUT2D eigenvalue weighted by Crippen LogP contribution is 2.31. The smallest absolute Gasteiger partial charge is 0.306 e. The molecule has 1 N–H and O–H groups in total. The summed E-state index contributed by atoms with van der Waals surface area (Å²) < 4.78 is 0. The fourth-order valence-electron chi connectivity index (χ4n) is 3.44. The molecule has 1 unspecified atom stereocenters. The van der Waals surface area contributed by atoms with Gasteiger partial charge in [0.2, 0.25) is 0 Å². The number of aromatic nitrogens is 1. The van der Waals surface area contributed by atoms with Gasteiger partial charge >= 0.3 is 5.97 Å². The van der Waals surface area contributed by atoms with Crippen molar-refractivity contribution in [2.45, 2.75) is 32.7 Å². The van der Waals surface area contributed by atoms with Gasteiger partial charge < -0.3 is 5.11 Å². The Bertz CT molecular complexity index is 704. The van der Waals surface area contributed by atoms with Crippen molar-refractivity contribution in [3.05, 3.63) is 65.0 Å². The molecule has 0 radical (unpaired) electrons. The summed E-state index contributed by atoms with van der Waals surface area (Å²) >= 11 is 0. The summed E-state index contributed by atoms with van der Waals surface area (Å²) in [5, 5.41) is 9.23. The van der Waals surface area contributed by atoms with Gasteiger partial charge in [-0.05, 0) is 57.5 Å². The molecule has 1 atom stereocenters. The number of aliphatic carboxylic acids is 1. The molecule has 1 fully saturated rings. The Morgan fingerprint density at radius 1 is 1.12 bits per heavy atom. The number of carboxylic acids is 1. The quantitative estimate of drug-likeness (QED) is 0.934. The molecule has 126 valence electrons. The van der Waals surface area contributed by atoms with E-state index in [1.54, 1.807) is 0 Å². The van der Waals surface area contributed by atoms with Crippen molar-refractivity contribution in [2.75, 3.05) is 13.1 Å². The van der Waals surface area contributed by atoms with E-state index in [0.717, 1.165) is 24.5 Å². The van der Waals surface area contributed by atoms with Crippen LogP contribution in [0, 0.1) is 19.8 Å². The lowest BCUT2D eigenvalue weighted by molar-refractivity contribution is -0.143. The van der Waals surface area contributed by atoms with Gasteiger partial charge in [-0.25, -0.2) is 0 Å². The van der Waals surface area contributed by atoms with Crippen LogP contribution in [0.5, 0.6) is 0 Å². The Balaban J connectivity index is 1.91. The van der Waals surface area contributed by atoms with Crippen LogP contribution in [0.1, 0.15) is 41.4 Å². The third-order valence-electron chi connectivity index (χ3n) is 4.83. The summed E-state index contributed by atoms with van der Waals surface area (Å²) in [6, 6.07) is 14.8. The van der Waals surface area contributed by atoms with Crippen LogP contribution in [0.2, 0.25) is 0 Å². The molecule has 0 spiro atoms. The predicted molar refractivity (Wildman–Crippen MR) is 93.9 cm³/mol. The second-order valence-corrected chi connectivity index (χ2v) is 6.67. The van der Waals surface area contributed by atoms with Crippen LogP contribution in [0.4, 0.5) is 0 Å². The minimum Gasteiger partial charge on any atom is -0.481 e. The molecule has 4 nitrogen and oxygen atoms in total. The Labute approximate surface area is 143 Å². The molecule has 0 aliphatic carbocycles. The van der Waals surface area contributed by atoms with Crippen molar-refractivity contribution < 1.29 is 9.90 Å². The highest BCUT2D eigenvalue weighted by atomic mass is 16.4. The monoisotopic (exact) mass is 324 g/mol. The molecule has 2 heterocycles. The topological polar surface area (TPSA) is 53.4 Å². The summed E-state index contributed by atoms with van der Waals surface area (Å²) in [7, 11) is 0. The van der Waals surface area contributed by atoms with E-state index in [9.17, 15) is 9.90 Å². The van der Waals surface area contributed by atoms with E-state index in [0.29, 0.717) is 12.8 Å². The number of pyridine rings is 1. The first-order valence-electron chi connectivity index (χ1n) is 8.51. The van der Waals surface area contributed by atoms with Gasteiger partial charge in [0.15, 0.2) is 0 Å². The molecule has 2 aromatic rings. The average Bonchev–Trinajstić information content (AvgIpc) is 2.57. The number of carboxylic acid groups (broad SMARTS) is 1. The van der Waals surface area contributed by atoms with Crippen molar-refractivity contribution >= 4 is 5.97 Å². The molecule has 1 saturated heterocycles. The number of carbonyl (C=O) groups is 1. The van der Waals surface area contributed by atoms with Gasteiger partial charge in [-0.15, -0.1) is 0 Å². The first-order chi connectivity index (χ1) is 11.5. The Morgan fingerprint density at radius 3 is 2.38 bits per heavy atom. The second-order valence-electron chi connectivity index (χ2n) is 6.67. The maximum atomic E-state index is 11.2. The Kier molecular flexibility index (Phi) is 4.95. The second kappa shape index (κ2) is 7.14. The normalized spacial score (nSPS) is 17.6. The van der Waals surface area contributed by atoms with Crippen LogP contribution >= 0.6 is 0 Å². The van der Waals surface area contributed by atoms with Crippen LogP contribution in [-0.4, -0.2) is 34.0 Å². The fraction of sp³-hybridized carbons (Fsp3) is 0.400. The predicted octanol–water partition coefficient (Wildman–Crippen LogP) is 3.58. The first kappa shape index (κ1) is 16.7. The van der Waals surface area contributed by atoms with Gasteiger partial charge in [-0.3, -0.25) is 14.7 Å². The molecule has 0 saturated carbocycles. The van der Waals surface area contributed by atoms with Crippen LogP contribution in [0.3, 0.4) is 0 Å². The minimum absolute atomic E-state index is 0.0836. The van der Waals surface area contributed by atoms with Crippen LogP contribution in [0.25, 0.3) is 0 Å². The maximum Gasteiger partial charge on any atom is 0.306 e. The van der Waals surface area contributed by atoms with E-state index in [2.05, 4.69) is 42.2 Å². The number of nitrogens with zero attached hydrogens (tertiary/aromatic N) is 2. The molecular formula is C20H24N2O2. The van der Waals surface area contributed by atoms with Crippen molar-refractivity contribution in [3.63, 3.8) is 0 Å². The molecule has 4 heteroatoms. The number of benzene rings is 1. The zero-order chi connectivity index (χ0) is 17.1. The average molecular weight is 324 g/mol. The van der Waals surface area contributed by atoms with E-state index < -0.39 is 5.97 Å². The van der Waals surface area contributed by atoms with Gasteiger partial charge in [0, 0.05) is 5.69 Å². The molecule has 3 rings (SSSR count). The lowest BCUT2D eigenvalue weighted by Gasteiger charge is -2.36. The van der Waals surface area contributed by atoms with Gasteiger partial charge in [0.1, 0.15) is 0 Å². The largest absolute Gasteiger partial charge is 0.481 e. The van der Waals surface area contributed by atoms with Crippen molar-refractivity contribution in [1.82, 2.24) is 9.88 Å². The zero-order valence-corrected chi connectivity index (χ0v) is 14.3. The van der Waals surface area contributed by atoms with Gasteiger partial charge in [-0.1, -0.05) is 35.9 Å². The van der Waals surface area contributed by atoms with Crippen molar-refractivity contribution in [3.8, 4) is 0 Å². The lowest BCUT2D eigenvalue weighted by Crippen LogP contribution is -2.39. The molecular weight excluding hydrogens is 300 g/mol. The van der Waals surface area contributed by atoms with Gasteiger partial charge in [0.25, 0.3) is 0 Å². The lowest BCUT2D eigenvalue weighted by atomic mass is 9.92. The van der Waals surface area contributed by atoms with Gasteiger partial charge in [0.05, 0.1) is 17.7 Å². The highest BCUT2D eigenvalue weighted by molar-refractivity contribution is 5.70. The number of piperidine rings is 1. The third-order valence-corrected chi connectivity index (χ3v) is 4.83. The van der Waals surface area contributed by atoms with E-state index in [-0.39, 0.29) is 12.0 Å². The molecule has 1 aliphatic rings. The number of aryl methyl sites for hydroxylation is 2. The van der Waals surface area contributed by atoms with Crippen molar-refractivity contribution in [2.24, 2.45) is 5.92 Å². The first-order valence-corrected chi connectivity index (χ1v) is 8.51. The van der Waals surface area contributed by atoms with E-state index in [1.165, 1.54) is 11.1 Å². The molecule has 1 aliphatic heterocycles. The Morgan fingerprint density at radius 2 is 1.79 bits per heavy atom. The molecule has 1 aromatic heterocycles. The Hall–Kier alpha value is -2.20. The van der Waals surface area contributed by atoms with E-state index in [1.807, 2.05) is 19.1 Å². The van der Waals surface area contributed by atoms with Gasteiger partial charge in [-0.2, -0.15) is 0 Å². The molecule has 1 aromatic carbocycles. The number of likely N-dealkylation sites (tertiary alicyclic amines) is 1. The minimum atomic E-state index is -0.671. The summed E-state index contributed by atoms with van der Waals surface area (Å²) in [6.45, 7) is 5.66. The third kappa shape index (κ3) is 3.65. The molecule has 24 heavy (non-hydrogen) atoms. The summed E-state index contributed by atoms with van der Waals surface area (Å²) in [6.07, 6.45) is 1.40. The highest BCUT2D eigenvalue weighted by Gasteiger charge is 2.30. The summed E-state index contributed by atoms with van der Waals surface area (Å²) in [5.41, 5.74) is 4.49. The standard InChI is InChI=1S/C20H24N2O2/c1-14-6-8-16(9-7-14)19(18-5-3-4-15(2)21-18)22-12-10-17(11-13-22)20(23)24/h3-9,17,19H,10-13H2,1-2H3,(H,23,24). The van der Waals surface area contributed by atoms with E-state index >= 15 is 0 Å².